The molecule has 0 saturated heterocycles. The highest BCUT2D eigenvalue weighted by Crippen LogP contribution is 2.59. The maximum Gasteiger partial charge on any atom is 0.189 e. The molecular weight excluding hydrogens is 807 g/mol. The van der Waals surface area contributed by atoms with Crippen LogP contribution in [-0.4, -0.2) is 47.8 Å². The second kappa shape index (κ2) is 19.8. The van der Waals surface area contributed by atoms with Crippen LogP contribution < -0.4 is 15.8 Å². The Labute approximate surface area is 387 Å². The number of nitrogens with one attached hydrogen (secondary N) is 1. The molecule has 3 fully saturated rings. The minimum atomic E-state index is -0.344. The van der Waals surface area contributed by atoms with Crippen LogP contribution in [0, 0.1) is 35.5 Å². The quantitative estimate of drug-likeness (QED) is 0.0907. The number of unbranched alkanes of at least 4 members (excludes halogenated alkanes) is 1. The van der Waals surface area contributed by atoms with Gasteiger partial charge in [0.1, 0.15) is 5.75 Å². The fraction of sp³-hybridized carbons (Fsp3) is 0.544. The third-order valence-corrected chi connectivity index (χ3v) is 15.8. The number of nitrogens with zero attached hydrogens (tertiary/aromatic N) is 1. The molecule has 5 aliphatic carbocycles. The minimum Gasteiger partial charge on any atom is -0.508 e. The van der Waals surface area contributed by atoms with Crippen LogP contribution in [0.25, 0.3) is 0 Å². The maximum absolute atomic E-state index is 13.4. The lowest BCUT2D eigenvalue weighted by atomic mass is 9.55. The highest BCUT2D eigenvalue weighted by molar-refractivity contribution is 5.89. The number of hydrogen-bond donors (Lipinski definition) is 4. The second-order valence-electron chi connectivity index (χ2n) is 20.6. The van der Waals surface area contributed by atoms with Crippen molar-refractivity contribution in [1.82, 2.24) is 5.32 Å². The summed E-state index contributed by atoms with van der Waals surface area (Å²) in [6.45, 7) is 4.97. The van der Waals surface area contributed by atoms with Crippen LogP contribution in [0.2, 0.25) is 0 Å². The second-order valence-corrected chi connectivity index (χ2v) is 20.6. The van der Waals surface area contributed by atoms with Gasteiger partial charge in [-0.1, -0.05) is 99.4 Å². The average molecular weight is 878 g/mol. The normalized spacial score (nSPS) is 27.2. The number of hydrogen-bond acceptors (Lipinski definition) is 8. The summed E-state index contributed by atoms with van der Waals surface area (Å²) in [4.78, 5) is 18.8. The van der Waals surface area contributed by atoms with Crippen molar-refractivity contribution in [1.29, 1.82) is 0 Å². The highest BCUT2D eigenvalue weighted by atomic mass is 16.5. The molecule has 3 aromatic rings. The van der Waals surface area contributed by atoms with Crippen molar-refractivity contribution in [3.05, 3.63) is 111 Å². The molecule has 65 heavy (non-hydrogen) atoms. The number of guanidine groups is 1. The van der Waals surface area contributed by atoms with Crippen molar-refractivity contribution >= 4 is 11.7 Å². The first-order valence-corrected chi connectivity index (χ1v) is 25.1. The topological polar surface area (TPSA) is 126 Å². The van der Waals surface area contributed by atoms with Gasteiger partial charge in [0.2, 0.25) is 0 Å². The fourth-order valence-corrected chi connectivity index (χ4v) is 12.9. The first-order chi connectivity index (χ1) is 31.6. The average Bonchev–Trinajstić information content (AvgIpc) is 3.80. The molecule has 6 aliphatic rings. The summed E-state index contributed by atoms with van der Waals surface area (Å²) >= 11 is 0. The van der Waals surface area contributed by atoms with Crippen molar-refractivity contribution < 1.29 is 24.5 Å². The number of carbonyl (C=O) groups is 1. The zero-order valence-corrected chi connectivity index (χ0v) is 39.0. The van der Waals surface area contributed by atoms with Gasteiger partial charge in [0.25, 0.3) is 0 Å². The van der Waals surface area contributed by atoms with Gasteiger partial charge in [-0.25, -0.2) is 4.99 Å². The maximum atomic E-state index is 13.4. The molecule has 1 heterocycles. The zero-order valence-electron chi connectivity index (χ0n) is 39.0. The largest absolute Gasteiger partial charge is 0.508 e. The predicted octanol–water partition coefficient (Wildman–Crippen LogP) is 11.2. The van der Waals surface area contributed by atoms with Crippen molar-refractivity contribution in [2.45, 2.75) is 159 Å². The Balaban J connectivity index is 1.26. The molecule has 7 atom stereocenters. The van der Waals surface area contributed by atoms with E-state index in [1.54, 1.807) is 13.2 Å². The van der Waals surface area contributed by atoms with Gasteiger partial charge in [0.05, 0.1) is 24.3 Å². The van der Waals surface area contributed by atoms with Gasteiger partial charge in [-0.2, -0.15) is 0 Å². The van der Waals surface area contributed by atoms with Crippen molar-refractivity contribution in [2.75, 3.05) is 13.7 Å². The number of aliphatic imine (C=N–C) groups is 1. The molecule has 0 radical (unpaired) electrons. The van der Waals surface area contributed by atoms with E-state index in [0.717, 1.165) is 105 Å². The third-order valence-electron chi connectivity index (χ3n) is 15.8. The standard InChI is InChI=1S/C57H71N3O5/c1-4-5-7-17-44(61)22-21-39-34-52(65-46-18-8-9-19-46)55(63)54-47(39)20-13-16-43-31-41-33-49-48(25-36(2)26-50(49)53(54)51(41)35-64-3)40-28-38(30-45(62)32-40)27-37-14-12-15-42(29-37)57(60-56(58)59-43)23-10-6-11-24-57/h7,12,14-15,17,28-30,32-34,36,41,43,46,48,50-51,53,62-63H,4-6,8-11,16,18-19,21-27,31,35H2,1-3H3,(H3,58,59,60)/b17-7+/t36-,41-,43-,48-,50-,51+,53+/m0/s1. The fourth-order valence-electron chi connectivity index (χ4n) is 12.9. The number of nitrogens with two attached hydrogens (primary N) is 1. The van der Waals surface area contributed by atoms with E-state index in [0.29, 0.717) is 62.1 Å². The molecule has 8 bridgehead atoms. The van der Waals surface area contributed by atoms with E-state index in [1.807, 2.05) is 24.3 Å². The molecule has 344 valence electrons. The van der Waals surface area contributed by atoms with E-state index in [1.165, 1.54) is 23.1 Å². The Morgan fingerprint density at radius 1 is 1.02 bits per heavy atom. The summed E-state index contributed by atoms with van der Waals surface area (Å²) in [6.07, 6.45) is 22.2. The Morgan fingerprint density at radius 2 is 1.85 bits per heavy atom. The molecule has 0 aromatic heterocycles. The number of carbonyl (C=O) groups excluding carboxylic acids is 1. The van der Waals surface area contributed by atoms with Gasteiger partial charge >= 0.3 is 0 Å². The first kappa shape index (κ1) is 45.2. The van der Waals surface area contributed by atoms with Gasteiger partial charge in [-0.05, 0) is 153 Å². The number of aryl methyl sites for hydroxylation is 1. The third kappa shape index (κ3) is 9.78. The molecule has 8 nitrogen and oxygen atoms in total. The lowest BCUT2D eigenvalue weighted by Crippen LogP contribution is -2.50. The molecule has 5 N–H and O–H groups in total. The van der Waals surface area contributed by atoms with Gasteiger partial charge in [0.15, 0.2) is 23.2 Å². The van der Waals surface area contributed by atoms with Crippen molar-refractivity contribution in [3.63, 3.8) is 0 Å². The molecule has 8 heteroatoms. The van der Waals surface area contributed by atoms with E-state index >= 15 is 0 Å². The molecule has 3 aromatic carbocycles. The van der Waals surface area contributed by atoms with Gasteiger partial charge in [0, 0.05) is 42.9 Å². The van der Waals surface area contributed by atoms with Crippen molar-refractivity contribution in [3.8, 4) is 29.1 Å². The molecular formula is C57H71N3O5. The van der Waals surface area contributed by atoms with Crippen LogP contribution in [0.15, 0.2) is 77.3 Å². The van der Waals surface area contributed by atoms with E-state index in [2.05, 4.69) is 67.4 Å². The SMILES string of the molecule is CCC/C=C/C(=O)CCc1cc(OC2CCCC2)c(O)c2c1C#CC[C@H]1C[C@H]3C=C4[C@@H](C[C@H](C)C[C@@H]4[C@@H]2[C@@H]3COC)c2cc(O)cc(c2)Cc2cccc(c2)C2(CCCCC2)NC(N)=N1. The van der Waals surface area contributed by atoms with Crippen LogP contribution in [0.1, 0.15) is 167 Å². The van der Waals surface area contributed by atoms with E-state index in [-0.39, 0.29) is 58.8 Å². The number of allylic oxidation sites excluding steroid dienone is 4. The van der Waals surface area contributed by atoms with Gasteiger partial charge in [-0.15, -0.1) is 0 Å². The first-order valence-electron chi connectivity index (χ1n) is 25.1. The summed E-state index contributed by atoms with van der Waals surface area (Å²) in [7, 11) is 1.79. The number of phenols is 2. The van der Waals surface area contributed by atoms with E-state index in [4.69, 9.17) is 20.2 Å². The van der Waals surface area contributed by atoms with Crippen LogP contribution >= 0.6 is 0 Å². The molecule has 1 spiro atoms. The molecule has 1 aliphatic heterocycles. The summed E-state index contributed by atoms with van der Waals surface area (Å²) in [5.41, 5.74) is 15.4. The molecule has 9 rings (SSSR count). The summed E-state index contributed by atoms with van der Waals surface area (Å²) in [6, 6.07) is 17.0. The summed E-state index contributed by atoms with van der Waals surface area (Å²) in [5.74, 6) is 9.13. The number of phenolic OH excluding ortho intramolecular Hbond substituents is 2. The molecule has 0 amide bonds. The number of fused-ring (bicyclic) bond motifs is 11. The Hall–Kier alpha value is -5.00. The summed E-state index contributed by atoms with van der Waals surface area (Å²) in [5, 5.41) is 28.3. The Bertz CT molecular complexity index is 2370. The van der Waals surface area contributed by atoms with Crippen LogP contribution in [0.4, 0.5) is 0 Å². The van der Waals surface area contributed by atoms with Crippen molar-refractivity contribution in [2.24, 2.45) is 34.4 Å². The highest BCUT2D eigenvalue weighted by Gasteiger charge is 2.49. The zero-order chi connectivity index (χ0) is 45.1. The Kier molecular flexibility index (Phi) is 13.8. The van der Waals surface area contributed by atoms with Gasteiger partial charge in [-0.3, -0.25) is 4.79 Å². The number of benzene rings is 3. The van der Waals surface area contributed by atoms with Crippen LogP contribution in [-0.2, 0) is 27.9 Å². The monoisotopic (exact) mass is 878 g/mol. The minimum absolute atomic E-state index is 0.0164. The molecule has 0 unspecified atom stereocenters. The number of ether oxygens (including phenoxy) is 2. The lowest BCUT2D eigenvalue weighted by molar-refractivity contribution is -0.114. The van der Waals surface area contributed by atoms with Crippen LogP contribution in [0.5, 0.6) is 17.2 Å². The number of ketones is 1. The molecule has 3 saturated carbocycles. The number of aromatic hydroxyl groups is 2. The Morgan fingerprint density at radius 3 is 2.65 bits per heavy atom. The van der Waals surface area contributed by atoms with E-state index < -0.39 is 0 Å². The predicted molar refractivity (Wildman–Crippen MR) is 259 cm³/mol. The van der Waals surface area contributed by atoms with E-state index in [9.17, 15) is 15.0 Å². The van der Waals surface area contributed by atoms with Gasteiger partial charge < -0.3 is 30.7 Å². The lowest BCUT2D eigenvalue weighted by Gasteiger charge is -2.49. The smallest absolute Gasteiger partial charge is 0.189 e. The number of methoxy groups -OCH3 is 1. The number of rotatable bonds is 10. The van der Waals surface area contributed by atoms with Crippen LogP contribution in [0.3, 0.4) is 0 Å². The summed E-state index contributed by atoms with van der Waals surface area (Å²) < 4.78 is 13.0.